The molecular formula is C23H30FN3O4. The van der Waals surface area contributed by atoms with E-state index in [4.69, 9.17) is 0 Å². The summed E-state index contributed by atoms with van der Waals surface area (Å²) in [4.78, 5) is 27.5. The lowest BCUT2D eigenvalue weighted by Crippen LogP contribution is -2.61. The van der Waals surface area contributed by atoms with Gasteiger partial charge in [0.05, 0.1) is 17.7 Å². The molecule has 2 aromatic rings. The molecule has 1 saturated heterocycles. The molecule has 8 heteroatoms. The van der Waals surface area contributed by atoms with Crippen LogP contribution in [0.1, 0.15) is 45.1 Å². The van der Waals surface area contributed by atoms with E-state index in [1.165, 1.54) is 17.0 Å². The number of aliphatic hydroxyl groups is 1. The highest BCUT2D eigenvalue weighted by atomic mass is 19.1. The summed E-state index contributed by atoms with van der Waals surface area (Å²) in [6.07, 6.45) is -0.692. The number of amides is 1. The number of hydrogen-bond donors (Lipinski definition) is 2. The largest absolute Gasteiger partial charge is 0.465 e. The zero-order chi connectivity index (χ0) is 22.5. The van der Waals surface area contributed by atoms with Crippen molar-refractivity contribution in [3.8, 4) is 0 Å². The highest BCUT2D eigenvalue weighted by Crippen LogP contribution is 2.35. The number of pyridine rings is 1. The van der Waals surface area contributed by atoms with Crippen LogP contribution in [0.3, 0.4) is 0 Å². The molecule has 2 aliphatic rings. The first-order chi connectivity index (χ1) is 14.6. The molecule has 1 aromatic heterocycles. The molecule has 168 valence electrons. The molecule has 0 spiro atoms. The van der Waals surface area contributed by atoms with Crippen molar-refractivity contribution in [1.82, 2.24) is 14.4 Å². The van der Waals surface area contributed by atoms with Gasteiger partial charge < -0.3 is 14.8 Å². The molecular weight excluding hydrogens is 401 g/mol. The number of nitrogens with zero attached hydrogens (tertiary/aromatic N) is 3. The molecule has 0 saturated carbocycles. The van der Waals surface area contributed by atoms with Crippen LogP contribution in [0.2, 0.25) is 0 Å². The molecule has 1 aromatic carbocycles. The Morgan fingerprint density at radius 3 is 2.55 bits per heavy atom. The normalized spacial score (nSPS) is 24.4. The third-order valence-corrected chi connectivity index (χ3v) is 6.62. The van der Waals surface area contributed by atoms with Crippen LogP contribution < -0.4 is 5.56 Å². The fourth-order valence-electron chi connectivity index (χ4n) is 5.31. The topological polar surface area (TPSA) is 86.0 Å². The number of hydrogen-bond acceptors (Lipinski definition) is 4. The van der Waals surface area contributed by atoms with E-state index >= 15 is 0 Å². The van der Waals surface area contributed by atoms with Gasteiger partial charge in [-0.05, 0) is 57.2 Å². The number of carboxylic acid groups (broad SMARTS) is 1. The SMILES string of the molecule is CC(C)(C)N(C(=O)O)[C@H]1CCN(CC2CCn3c(=O)ccc4ccc(F)c2c43)C[C@H]1O. The van der Waals surface area contributed by atoms with E-state index in [9.17, 15) is 24.2 Å². The second-order valence-corrected chi connectivity index (χ2v) is 9.71. The van der Waals surface area contributed by atoms with Gasteiger partial charge >= 0.3 is 6.09 Å². The van der Waals surface area contributed by atoms with Crippen LogP contribution in [0.4, 0.5) is 9.18 Å². The minimum absolute atomic E-state index is 0.0903. The van der Waals surface area contributed by atoms with Crippen molar-refractivity contribution in [3.63, 3.8) is 0 Å². The summed E-state index contributed by atoms with van der Waals surface area (Å²) in [5.74, 6) is -0.399. The summed E-state index contributed by atoms with van der Waals surface area (Å²) in [7, 11) is 0. The lowest BCUT2D eigenvalue weighted by Gasteiger charge is -2.46. The minimum atomic E-state index is -1.03. The molecule has 2 aliphatic heterocycles. The van der Waals surface area contributed by atoms with E-state index in [1.807, 2.05) is 20.8 Å². The van der Waals surface area contributed by atoms with Gasteiger partial charge in [-0.1, -0.05) is 0 Å². The molecule has 3 atom stereocenters. The summed E-state index contributed by atoms with van der Waals surface area (Å²) < 4.78 is 16.5. The van der Waals surface area contributed by atoms with Crippen LogP contribution in [0.15, 0.2) is 29.1 Å². The number of halogens is 1. The van der Waals surface area contributed by atoms with Gasteiger partial charge in [-0.25, -0.2) is 9.18 Å². The maximum absolute atomic E-state index is 14.9. The van der Waals surface area contributed by atoms with Crippen molar-refractivity contribution in [3.05, 3.63) is 46.0 Å². The van der Waals surface area contributed by atoms with Crippen molar-refractivity contribution in [2.75, 3.05) is 19.6 Å². The molecule has 7 nitrogen and oxygen atoms in total. The Morgan fingerprint density at radius 1 is 1.19 bits per heavy atom. The number of aryl methyl sites for hydroxylation is 1. The first kappa shape index (κ1) is 21.8. The van der Waals surface area contributed by atoms with Crippen LogP contribution in [-0.4, -0.2) is 68.0 Å². The average molecular weight is 432 g/mol. The Morgan fingerprint density at radius 2 is 1.90 bits per heavy atom. The number of piperidine rings is 1. The Kier molecular flexibility index (Phi) is 5.55. The van der Waals surface area contributed by atoms with Crippen molar-refractivity contribution >= 4 is 17.0 Å². The molecule has 1 unspecified atom stereocenters. The van der Waals surface area contributed by atoms with Crippen LogP contribution in [0.5, 0.6) is 0 Å². The number of aromatic nitrogens is 1. The van der Waals surface area contributed by atoms with E-state index in [-0.39, 0.29) is 17.3 Å². The van der Waals surface area contributed by atoms with Crippen molar-refractivity contribution < 1.29 is 19.4 Å². The number of benzene rings is 1. The number of carbonyl (C=O) groups is 1. The number of aliphatic hydroxyl groups excluding tert-OH is 1. The van der Waals surface area contributed by atoms with E-state index in [1.54, 1.807) is 16.7 Å². The zero-order valence-electron chi connectivity index (χ0n) is 18.2. The second kappa shape index (κ2) is 7.91. The maximum Gasteiger partial charge on any atom is 0.408 e. The van der Waals surface area contributed by atoms with Gasteiger partial charge in [-0.2, -0.15) is 0 Å². The quantitative estimate of drug-likeness (QED) is 0.781. The van der Waals surface area contributed by atoms with Crippen LogP contribution in [0, 0.1) is 5.82 Å². The van der Waals surface area contributed by atoms with Crippen LogP contribution in [-0.2, 0) is 6.54 Å². The molecule has 1 fully saturated rings. The third-order valence-electron chi connectivity index (χ3n) is 6.62. The van der Waals surface area contributed by atoms with Crippen LogP contribution >= 0.6 is 0 Å². The summed E-state index contributed by atoms with van der Waals surface area (Å²) in [5, 5.41) is 21.3. The zero-order valence-corrected chi connectivity index (χ0v) is 18.2. The maximum atomic E-state index is 14.9. The Hall–Kier alpha value is -2.45. The minimum Gasteiger partial charge on any atom is -0.465 e. The van der Waals surface area contributed by atoms with Crippen molar-refractivity contribution in [1.29, 1.82) is 0 Å². The number of β-amino-alcohol motifs (C(OH)–C–C–N with tert-alkyl or cyclic N) is 1. The number of likely N-dealkylation sites (tertiary alicyclic amines) is 1. The summed E-state index contributed by atoms with van der Waals surface area (Å²) in [5.41, 5.74) is 0.507. The van der Waals surface area contributed by atoms with Gasteiger partial charge in [0.2, 0.25) is 0 Å². The van der Waals surface area contributed by atoms with Gasteiger partial charge in [0.15, 0.2) is 0 Å². The molecule has 2 N–H and O–H groups in total. The monoisotopic (exact) mass is 431 g/mol. The van der Waals surface area contributed by atoms with Crippen LogP contribution in [0.25, 0.3) is 10.9 Å². The lowest BCUT2D eigenvalue weighted by molar-refractivity contribution is -0.0363. The summed E-state index contributed by atoms with van der Waals surface area (Å²) in [6.45, 7) is 7.53. The Labute approximate surface area is 180 Å². The molecule has 0 aliphatic carbocycles. The predicted octanol–water partition coefficient (Wildman–Crippen LogP) is 2.84. The smallest absolute Gasteiger partial charge is 0.408 e. The first-order valence-electron chi connectivity index (χ1n) is 10.8. The van der Waals surface area contributed by atoms with E-state index in [2.05, 4.69) is 4.90 Å². The summed E-state index contributed by atoms with van der Waals surface area (Å²) in [6, 6.07) is 5.95. The van der Waals surface area contributed by atoms with Gasteiger partial charge in [0.25, 0.3) is 5.56 Å². The van der Waals surface area contributed by atoms with Gasteiger partial charge in [0.1, 0.15) is 5.82 Å². The predicted molar refractivity (Wildman–Crippen MR) is 116 cm³/mol. The molecule has 3 heterocycles. The van der Waals surface area contributed by atoms with Gasteiger partial charge in [0, 0.05) is 49.3 Å². The van der Waals surface area contributed by atoms with Gasteiger partial charge in [-0.3, -0.25) is 14.6 Å². The highest BCUT2D eigenvalue weighted by molar-refractivity contribution is 5.83. The van der Waals surface area contributed by atoms with E-state index in [0.29, 0.717) is 50.1 Å². The fraction of sp³-hybridized carbons (Fsp3) is 0.565. The third kappa shape index (κ3) is 3.94. The van der Waals surface area contributed by atoms with E-state index < -0.39 is 23.8 Å². The Balaban J connectivity index is 1.56. The van der Waals surface area contributed by atoms with E-state index in [0.717, 1.165) is 5.39 Å². The number of rotatable bonds is 3. The molecule has 31 heavy (non-hydrogen) atoms. The summed E-state index contributed by atoms with van der Waals surface area (Å²) >= 11 is 0. The molecule has 0 bridgehead atoms. The van der Waals surface area contributed by atoms with Crippen molar-refractivity contribution in [2.45, 2.75) is 63.8 Å². The second-order valence-electron chi connectivity index (χ2n) is 9.71. The fourth-order valence-corrected chi connectivity index (χ4v) is 5.31. The molecule has 0 radical (unpaired) electrons. The first-order valence-corrected chi connectivity index (χ1v) is 10.8. The average Bonchev–Trinajstić information content (AvgIpc) is 2.67. The lowest BCUT2D eigenvalue weighted by atomic mass is 9.88. The van der Waals surface area contributed by atoms with Crippen molar-refractivity contribution in [2.24, 2.45) is 0 Å². The molecule has 4 rings (SSSR count). The highest BCUT2D eigenvalue weighted by Gasteiger charge is 2.40. The Bertz CT molecular complexity index is 1060. The molecule has 1 amide bonds. The standard InChI is InChI=1S/C23H30FN3O4/c1-23(2,3)27(22(30)31)17-9-10-25(13-18(17)28)12-15-8-11-26-19(29)7-5-14-4-6-16(24)20(15)21(14)26/h4-7,15,17-18,28H,8-13H2,1-3H3,(H,30,31)/t15?,17-,18+/m0/s1. The van der Waals surface area contributed by atoms with Gasteiger partial charge in [-0.15, -0.1) is 0 Å².